The van der Waals surface area contributed by atoms with E-state index in [-0.39, 0.29) is 12.1 Å². The zero-order chi connectivity index (χ0) is 17.2. The maximum Gasteiger partial charge on any atom is 0.435 e. The van der Waals surface area contributed by atoms with Gasteiger partial charge in [-0.3, -0.25) is 14.5 Å². The minimum atomic E-state index is -4.50. The number of anilines is 1. The number of rotatable bonds is 3. The van der Waals surface area contributed by atoms with Crippen molar-refractivity contribution in [1.82, 2.24) is 14.8 Å². The molecule has 0 bridgehead atoms. The van der Waals surface area contributed by atoms with Crippen LogP contribution in [0.2, 0.25) is 0 Å². The van der Waals surface area contributed by atoms with Crippen molar-refractivity contribution < 1.29 is 18.0 Å². The van der Waals surface area contributed by atoms with Crippen LogP contribution in [0.4, 0.5) is 18.9 Å². The first-order chi connectivity index (χ1) is 11.4. The van der Waals surface area contributed by atoms with Crippen LogP contribution in [0.5, 0.6) is 0 Å². The fraction of sp³-hybridized carbons (Fsp3) is 0.438. The highest BCUT2D eigenvalue weighted by molar-refractivity contribution is 5.90. The molecule has 0 radical (unpaired) electrons. The molecule has 0 aromatic carbocycles. The van der Waals surface area contributed by atoms with Crippen LogP contribution in [0.25, 0.3) is 0 Å². The molecule has 0 saturated heterocycles. The van der Waals surface area contributed by atoms with Crippen molar-refractivity contribution in [3.63, 3.8) is 0 Å². The summed E-state index contributed by atoms with van der Waals surface area (Å²) in [6.45, 7) is -0.235. The maximum atomic E-state index is 13.2. The summed E-state index contributed by atoms with van der Waals surface area (Å²) >= 11 is 0. The van der Waals surface area contributed by atoms with Gasteiger partial charge in [-0.25, -0.2) is 0 Å². The molecule has 128 valence electrons. The van der Waals surface area contributed by atoms with Crippen molar-refractivity contribution in [2.24, 2.45) is 0 Å². The van der Waals surface area contributed by atoms with E-state index in [0.29, 0.717) is 30.6 Å². The molecule has 1 N–H and O–H groups in total. The van der Waals surface area contributed by atoms with Gasteiger partial charge in [0.2, 0.25) is 5.91 Å². The molecule has 0 fully saturated rings. The van der Waals surface area contributed by atoms with Gasteiger partial charge in [-0.05, 0) is 37.8 Å². The molecule has 0 spiro atoms. The summed E-state index contributed by atoms with van der Waals surface area (Å²) in [5.41, 5.74) is 0.474. The number of nitrogens with zero attached hydrogens (tertiary/aromatic N) is 3. The topological polar surface area (TPSA) is 59.8 Å². The Morgan fingerprint density at radius 3 is 2.58 bits per heavy atom. The third kappa shape index (κ3) is 3.58. The molecule has 8 heteroatoms. The fourth-order valence-electron chi connectivity index (χ4n) is 2.98. The van der Waals surface area contributed by atoms with Crippen molar-refractivity contribution in [3.8, 4) is 0 Å². The fourth-order valence-corrected chi connectivity index (χ4v) is 2.98. The van der Waals surface area contributed by atoms with Gasteiger partial charge in [-0.1, -0.05) is 6.42 Å². The van der Waals surface area contributed by atoms with Gasteiger partial charge in [-0.15, -0.1) is 0 Å². The molecule has 5 nitrogen and oxygen atoms in total. The Morgan fingerprint density at radius 1 is 1.17 bits per heavy atom. The predicted molar refractivity (Wildman–Crippen MR) is 81.4 cm³/mol. The van der Waals surface area contributed by atoms with Gasteiger partial charge in [0.15, 0.2) is 5.69 Å². The number of hydrogen-bond acceptors (Lipinski definition) is 3. The summed E-state index contributed by atoms with van der Waals surface area (Å²) in [5, 5.41) is 6.34. The second-order valence-corrected chi connectivity index (χ2v) is 5.77. The van der Waals surface area contributed by atoms with Gasteiger partial charge in [0.1, 0.15) is 6.54 Å². The predicted octanol–water partition coefficient (Wildman–Crippen LogP) is 3.20. The Balaban J connectivity index is 1.85. The van der Waals surface area contributed by atoms with Crippen LogP contribution in [0.15, 0.2) is 24.5 Å². The van der Waals surface area contributed by atoms with Crippen LogP contribution in [0.3, 0.4) is 0 Å². The molecule has 24 heavy (non-hydrogen) atoms. The maximum absolute atomic E-state index is 13.2. The average Bonchev–Trinajstić information content (AvgIpc) is 2.71. The minimum Gasteiger partial charge on any atom is -0.324 e. The number of nitrogens with one attached hydrogen (secondary N) is 1. The molecule has 2 heterocycles. The van der Waals surface area contributed by atoms with Crippen LogP contribution in [-0.2, 0) is 30.4 Å². The number of carbonyl (C=O) groups is 1. The Morgan fingerprint density at radius 2 is 1.88 bits per heavy atom. The van der Waals surface area contributed by atoms with Crippen molar-refractivity contribution >= 4 is 11.6 Å². The quantitative estimate of drug-likeness (QED) is 0.874. The van der Waals surface area contributed by atoms with Gasteiger partial charge < -0.3 is 5.32 Å². The Hall–Kier alpha value is -2.38. The van der Waals surface area contributed by atoms with Crippen molar-refractivity contribution in [3.05, 3.63) is 41.5 Å². The standard InChI is InChI=1S/C16H17F3N4O/c17-16(18,19)15-12-4-2-1-3-5-13(12)23(22-15)10-14(24)21-11-6-8-20-9-7-11/h6-9H,1-5,10H2,(H,20,21,24). The highest BCUT2D eigenvalue weighted by atomic mass is 19.4. The normalized spacial score (nSPS) is 14.8. The van der Waals surface area contributed by atoms with Gasteiger partial charge in [0, 0.05) is 29.3 Å². The second kappa shape index (κ2) is 6.62. The number of alkyl halides is 3. The Labute approximate surface area is 136 Å². The summed E-state index contributed by atoms with van der Waals surface area (Å²) in [6, 6.07) is 3.23. The smallest absolute Gasteiger partial charge is 0.324 e. The second-order valence-electron chi connectivity index (χ2n) is 5.77. The van der Waals surface area contributed by atoms with Crippen LogP contribution < -0.4 is 5.32 Å². The lowest BCUT2D eigenvalue weighted by Gasteiger charge is -2.08. The zero-order valence-corrected chi connectivity index (χ0v) is 12.9. The molecule has 2 aromatic heterocycles. The van der Waals surface area contributed by atoms with Crippen molar-refractivity contribution in [2.75, 3.05) is 5.32 Å². The average molecular weight is 338 g/mol. The van der Waals surface area contributed by atoms with Crippen LogP contribution in [0.1, 0.15) is 36.2 Å². The summed E-state index contributed by atoms with van der Waals surface area (Å²) in [6.07, 6.45) is 1.83. The lowest BCUT2D eigenvalue weighted by Crippen LogP contribution is -2.21. The minimum absolute atomic E-state index is 0.235. The zero-order valence-electron chi connectivity index (χ0n) is 12.9. The molecular weight excluding hydrogens is 321 g/mol. The van der Waals surface area contributed by atoms with Gasteiger partial charge in [0.25, 0.3) is 0 Å². The van der Waals surface area contributed by atoms with E-state index in [1.165, 1.54) is 17.1 Å². The summed E-state index contributed by atoms with van der Waals surface area (Å²) in [5.74, 6) is -0.413. The van der Waals surface area contributed by atoms with Crippen molar-refractivity contribution in [1.29, 1.82) is 0 Å². The lowest BCUT2D eigenvalue weighted by molar-refractivity contribution is -0.142. The van der Waals surface area contributed by atoms with E-state index in [0.717, 1.165) is 12.8 Å². The van der Waals surface area contributed by atoms with Crippen LogP contribution >= 0.6 is 0 Å². The molecule has 1 aliphatic rings. The molecule has 2 aromatic rings. The number of fused-ring (bicyclic) bond motifs is 1. The third-order valence-corrected chi connectivity index (χ3v) is 4.03. The lowest BCUT2D eigenvalue weighted by atomic mass is 10.1. The molecule has 0 unspecified atom stereocenters. The molecule has 0 aliphatic heterocycles. The number of pyridine rings is 1. The number of hydrogen-bond donors (Lipinski definition) is 1. The van der Waals surface area contributed by atoms with E-state index in [4.69, 9.17) is 0 Å². The first kappa shape index (κ1) is 16.5. The number of aromatic nitrogens is 3. The van der Waals surface area contributed by atoms with E-state index in [1.807, 2.05) is 0 Å². The Kier molecular flexibility index (Phi) is 4.55. The number of carbonyl (C=O) groups excluding carboxylic acids is 1. The molecule has 0 saturated carbocycles. The first-order valence-corrected chi connectivity index (χ1v) is 7.81. The van der Waals surface area contributed by atoms with Crippen LogP contribution in [0, 0.1) is 0 Å². The summed E-state index contributed by atoms with van der Waals surface area (Å²) in [7, 11) is 0. The van der Waals surface area contributed by atoms with E-state index >= 15 is 0 Å². The van der Waals surface area contributed by atoms with E-state index in [2.05, 4.69) is 15.4 Å². The van der Waals surface area contributed by atoms with E-state index < -0.39 is 17.8 Å². The van der Waals surface area contributed by atoms with E-state index in [1.54, 1.807) is 12.1 Å². The third-order valence-electron chi connectivity index (χ3n) is 4.03. The highest BCUT2D eigenvalue weighted by Gasteiger charge is 2.39. The van der Waals surface area contributed by atoms with E-state index in [9.17, 15) is 18.0 Å². The SMILES string of the molecule is O=C(Cn1nc(C(F)(F)F)c2c1CCCCC2)Nc1ccncc1. The van der Waals surface area contributed by atoms with Crippen LogP contribution in [-0.4, -0.2) is 20.7 Å². The molecule has 1 aliphatic carbocycles. The highest BCUT2D eigenvalue weighted by Crippen LogP contribution is 2.35. The molecular formula is C16H17F3N4O. The summed E-state index contributed by atoms with van der Waals surface area (Å²) in [4.78, 5) is 16.0. The van der Waals surface area contributed by atoms with Gasteiger partial charge >= 0.3 is 6.18 Å². The molecule has 0 atom stereocenters. The summed E-state index contributed by atoms with van der Waals surface area (Å²) < 4.78 is 40.9. The monoisotopic (exact) mass is 338 g/mol. The van der Waals surface area contributed by atoms with Crippen molar-refractivity contribution in [2.45, 2.75) is 44.8 Å². The number of halogens is 3. The number of amides is 1. The largest absolute Gasteiger partial charge is 0.435 e. The molecule has 1 amide bonds. The molecule has 3 rings (SSSR count). The Bertz CT molecular complexity index is 725. The first-order valence-electron chi connectivity index (χ1n) is 7.81. The van der Waals surface area contributed by atoms with Gasteiger partial charge in [-0.2, -0.15) is 18.3 Å². The van der Waals surface area contributed by atoms with Gasteiger partial charge in [0.05, 0.1) is 0 Å².